The second-order valence-corrected chi connectivity index (χ2v) is 9.58. The Morgan fingerprint density at radius 1 is 1.18 bits per heavy atom. The fraction of sp³-hybridized carbons (Fsp3) is 0.348. The number of thiophene rings is 1. The summed E-state index contributed by atoms with van der Waals surface area (Å²) < 4.78 is 16.3. The lowest BCUT2D eigenvalue weighted by Gasteiger charge is -2.26. The molecule has 33 heavy (non-hydrogen) atoms. The van der Waals surface area contributed by atoms with Crippen LogP contribution in [0.4, 0.5) is 0 Å². The average Bonchev–Trinajstić information content (AvgIpc) is 3.50. The van der Waals surface area contributed by atoms with Crippen LogP contribution in [0.2, 0.25) is 0 Å². The van der Waals surface area contributed by atoms with E-state index in [0.29, 0.717) is 49.9 Å². The molecule has 0 radical (unpaired) electrons. The minimum atomic E-state index is -0.219. The summed E-state index contributed by atoms with van der Waals surface area (Å²) in [5.41, 5.74) is 1.41. The van der Waals surface area contributed by atoms with Crippen LogP contribution in [0, 0.1) is 6.92 Å². The molecule has 2 aromatic heterocycles. The number of carbonyl (C=O) groups is 2. The van der Waals surface area contributed by atoms with Gasteiger partial charge in [-0.25, -0.2) is 4.98 Å². The topological polar surface area (TPSA) is 90.0 Å². The van der Waals surface area contributed by atoms with E-state index >= 15 is 0 Å². The maximum atomic E-state index is 12.7. The molecule has 3 aromatic rings. The molecule has 0 bridgehead atoms. The molecule has 0 saturated carbocycles. The van der Waals surface area contributed by atoms with Gasteiger partial charge in [0, 0.05) is 28.9 Å². The average molecular weight is 488 g/mol. The first kappa shape index (κ1) is 23.2. The molecule has 1 aliphatic heterocycles. The molecule has 1 fully saturated rings. The van der Waals surface area contributed by atoms with Gasteiger partial charge in [0.25, 0.3) is 11.8 Å². The van der Waals surface area contributed by atoms with Crippen LogP contribution in [0.15, 0.2) is 35.7 Å². The molecule has 8 nitrogen and oxygen atoms in total. The zero-order valence-corrected chi connectivity index (χ0v) is 20.1. The van der Waals surface area contributed by atoms with Crippen LogP contribution in [-0.2, 0) is 16.1 Å². The monoisotopic (exact) mass is 487 g/mol. The fourth-order valence-corrected chi connectivity index (χ4v) is 4.92. The Kier molecular flexibility index (Phi) is 7.58. The zero-order chi connectivity index (χ0) is 23.2. The molecule has 0 spiro atoms. The largest absolute Gasteiger partial charge is 0.493 e. The summed E-state index contributed by atoms with van der Waals surface area (Å²) >= 11 is 3.23. The van der Waals surface area contributed by atoms with Crippen molar-refractivity contribution in [2.45, 2.75) is 13.5 Å². The number of carbonyl (C=O) groups excluding carboxylic acids is 2. The zero-order valence-electron chi connectivity index (χ0n) is 18.5. The molecule has 4 rings (SSSR count). The van der Waals surface area contributed by atoms with Crippen LogP contribution in [0.1, 0.15) is 20.2 Å². The summed E-state index contributed by atoms with van der Waals surface area (Å²) in [4.78, 5) is 33.3. The number of morpholine rings is 1. The molecule has 1 saturated heterocycles. The molecule has 1 N–H and O–H groups in total. The number of aryl methyl sites for hydroxylation is 1. The molecule has 0 aliphatic carbocycles. The molecule has 2 amide bonds. The third-order valence-electron chi connectivity index (χ3n) is 5.10. The third-order valence-corrected chi connectivity index (χ3v) is 6.98. The normalized spacial score (nSPS) is 13.6. The lowest BCUT2D eigenvalue weighted by Crippen LogP contribution is -2.43. The minimum absolute atomic E-state index is 0.0961. The van der Waals surface area contributed by atoms with Crippen LogP contribution in [0.3, 0.4) is 0 Å². The van der Waals surface area contributed by atoms with Crippen molar-refractivity contribution in [1.82, 2.24) is 15.2 Å². The van der Waals surface area contributed by atoms with Gasteiger partial charge in [-0.15, -0.1) is 22.7 Å². The van der Waals surface area contributed by atoms with Crippen molar-refractivity contribution in [1.29, 1.82) is 0 Å². The van der Waals surface area contributed by atoms with Crippen molar-refractivity contribution in [3.63, 3.8) is 0 Å². The van der Waals surface area contributed by atoms with E-state index in [2.05, 4.69) is 10.3 Å². The lowest BCUT2D eigenvalue weighted by atomic mass is 10.2. The number of nitrogens with one attached hydrogen (secondary N) is 1. The van der Waals surface area contributed by atoms with Gasteiger partial charge in [0.2, 0.25) is 0 Å². The van der Waals surface area contributed by atoms with E-state index < -0.39 is 0 Å². The van der Waals surface area contributed by atoms with Crippen molar-refractivity contribution >= 4 is 34.5 Å². The molecular weight excluding hydrogens is 462 g/mol. The van der Waals surface area contributed by atoms with E-state index in [1.54, 1.807) is 45.8 Å². The Hall–Kier alpha value is -2.95. The quantitative estimate of drug-likeness (QED) is 0.524. The molecule has 3 heterocycles. The number of hydrogen-bond donors (Lipinski definition) is 1. The first-order valence-corrected chi connectivity index (χ1v) is 12.2. The molecule has 174 valence electrons. The number of methoxy groups -OCH3 is 1. The SMILES string of the molecule is COc1cc(C(=O)NCc2ccc(-c3csc(C)n3)s2)ccc1OCC(=O)N1CCOCC1. The number of ether oxygens (including phenoxy) is 3. The Balaban J connectivity index is 1.33. The number of rotatable bonds is 8. The van der Waals surface area contributed by atoms with Gasteiger partial charge < -0.3 is 24.4 Å². The van der Waals surface area contributed by atoms with Crippen molar-refractivity contribution < 1.29 is 23.8 Å². The highest BCUT2D eigenvalue weighted by Gasteiger charge is 2.18. The Labute approximate surface area is 200 Å². The van der Waals surface area contributed by atoms with Crippen molar-refractivity contribution in [3.05, 3.63) is 51.2 Å². The van der Waals surface area contributed by atoms with Crippen molar-refractivity contribution in [2.24, 2.45) is 0 Å². The Morgan fingerprint density at radius 2 is 2.00 bits per heavy atom. The van der Waals surface area contributed by atoms with Gasteiger partial charge >= 0.3 is 0 Å². The van der Waals surface area contributed by atoms with Gasteiger partial charge in [0.15, 0.2) is 18.1 Å². The summed E-state index contributed by atoms with van der Waals surface area (Å²) in [6.45, 7) is 4.51. The number of thiazole rings is 1. The van der Waals surface area contributed by atoms with E-state index in [9.17, 15) is 9.59 Å². The van der Waals surface area contributed by atoms with Gasteiger partial charge in [-0.1, -0.05) is 0 Å². The maximum absolute atomic E-state index is 12.7. The number of benzene rings is 1. The maximum Gasteiger partial charge on any atom is 0.260 e. The summed E-state index contributed by atoms with van der Waals surface area (Å²) in [6, 6.07) is 8.94. The van der Waals surface area contributed by atoms with Crippen molar-refractivity contribution in [3.8, 4) is 22.1 Å². The predicted octanol–water partition coefficient (Wildman–Crippen LogP) is 3.36. The number of nitrogens with zero attached hydrogens (tertiary/aromatic N) is 2. The minimum Gasteiger partial charge on any atom is -0.493 e. The van der Waals surface area contributed by atoms with Crippen LogP contribution in [-0.4, -0.2) is 61.7 Å². The van der Waals surface area contributed by atoms with Gasteiger partial charge in [-0.05, 0) is 37.3 Å². The highest BCUT2D eigenvalue weighted by atomic mass is 32.1. The van der Waals surface area contributed by atoms with Crippen LogP contribution >= 0.6 is 22.7 Å². The highest BCUT2D eigenvalue weighted by molar-refractivity contribution is 7.16. The van der Waals surface area contributed by atoms with E-state index in [-0.39, 0.29) is 18.4 Å². The highest BCUT2D eigenvalue weighted by Crippen LogP contribution is 2.30. The molecule has 1 aromatic carbocycles. The Morgan fingerprint density at radius 3 is 2.73 bits per heavy atom. The molecule has 0 atom stereocenters. The van der Waals surface area contributed by atoms with Gasteiger partial charge in [0.05, 0.1) is 42.4 Å². The third kappa shape index (κ3) is 5.89. The predicted molar refractivity (Wildman–Crippen MR) is 127 cm³/mol. The van der Waals surface area contributed by atoms with E-state index in [0.717, 1.165) is 20.5 Å². The van der Waals surface area contributed by atoms with Crippen LogP contribution < -0.4 is 14.8 Å². The first-order chi connectivity index (χ1) is 16.0. The van der Waals surface area contributed by atoms with E-state index in [1.807, 2.05) is 24.4 Å². The second-order valence-electron chi connectivity index (χ2n) is 7.35. The number of aromatic nitrogens is 1. The van der Waals surface area contributed by atoms with Gasteiger partial charge in [0.1, 0.15) is 0 Å². The van der Waals surface area contributed by atoms with Gasteiger partial charge in [-0.3, -0.25) is 9.59 Å². The molecule has 10 heteroatoms. The summed E-state index contributed by atoms with van der Waals surface area (Å²) in [5.74, 6) is 0.487. The summed E-state index contributed by atoms with van der Waals surface area (Å²) in [5, 5.41) is 6.00. The smallest absolute Gasteiger partial charge is 0.260 e. The van der Waals surface area contributed by atoms with E-state index in [4.69, 9.17) is 14.2 Å². The lowest BCUT2D eigenvalue weighted by molar-refractivity contribution is -0.137. The second kappa shape index (κ2) is 10.8. The standard InChI is InChI=1S/C23H25N3O5S2/c1-15-25-18(14-32-15)21-6-4-17(33-21)12-24-23(28)16-3-5-19(20(11-16)29-2)31-13-22(27)26-7-9-30-10-8-26/h3-6,11,14H,7-10,12-13H2,1-2H3,(H,24,28). The fourth-order valence-electron chi connectivity index (χ4n) is 3.33. The molecule has 1 aliphatic rings. The Bertz CT molecular complexity index is 1120. The van der Waals surface area contributed by atoms with Crippen LogP contribution in [0.25, 0.3) is 10.6 Å². The first-order valence-electron chi connectivity index (χ1n) is 10.5. The summed E-state index contributed by atoms with van der Waals surface area (Å²) in [6.07, 6.45) is 0. The van der Waals surface area contributed by atoms with E-state index in [1.165, 1.54) is 7.11 Å². The molecular formula is C23H25N3O5S2. The number of hydrogen-bond acceptors (Lipinski definition) is 8. The summed E-state index contributed by atoms with van der Waals surface area (Å²) in [7, 11) is 1.50. The number of amides is 2. The van der Waals surface area contributed by atoms with Crippen LogP contribution in [0.5, 0.6) is 11.5 Å². The van der Waals surface area contributed by atoms with Gasteiger partial charge in [-0.2, -0.15) is 0 Å². The molecule has 0 unspecified atom stereocenters. The van der Waals surface area contributed by atoms with Crippen molar-refractivity contribution in [2.75, 3.05) is 40.0 Å².